The summed E-state index contributed by atoms with van der Waals surface area (Å²) in [7, 11) is 1.83. The number of carbonyl (C=O) groups excluding carboxylic acids is 1. The Morgan fingerprint density at radius 1 is 1.61 bits per heavy atom. The van der Waals surface area contributed by atoms with Crippen molar-refractivity contribution in [3.8, 4) is 0 Å². The van der Waals surface area contributed by atoms with E-state index in [1.165, 1.54) is 0 Å². The molecule has 0 radical (unpaired) electrons. The number of likely N-dealkylation sites (tertiary alicyclic amines) is 1. The molecular weight excluding hydrogens is 230 g/mol. The zero-order valence-corrected chi connectivity index (χ0v) is 10.8. The van der Waals surface area contributed by atoms with Crippen LogP contribution in [0.1, 0.15) is 18.9 Å². The second-order valence-electron chi connectivity index (χ2n) is 4.90. The van der Waals surface area contributed by atoms with Crippen molar-refractivity contribution in [1.82, 2.24) is 14.7 Å². The lowest BCUT2D eigenvalue weighted by molar-refractivity contribution is -0.130. The molecule has 1 N–H and O–H groups in total. The van der Waals surface area contributed by atoms with E-state index in [0.717, 1.165) is 12.0 Å². The molecule has 5 heteroatoms. The average molecular weight is 249 g/mol. The van der Waals surface area contributed by atoms with Crippen LogP contribution in [0.15, 0.2) is 18.5 Å². The number of carbonyl (C=O) groups is 1. The van der Waals surface area contributed by atoms with Crippen molar-refractivity contribution in [2.75, 3.05) is 13.1 Å². The van der Waals surface area contributed by atoms with Crippen LogP contribution >= 0.6 is 0 Å². The summed E-state index contributed by atoms with van der Waals surface area (Å²) in [6.07, 6.45) is 7.29. The van der Waals surface area contributed by atoms with Crippen molar-refractivity contribution in [2.24, 2.45) is 13.0 Å². The van der Waals surface area contributed by atoms with Crippen LogP contribution < -0.4 is 0 Å². The van der Waals surface area contributed by atoms with E-state index in [-0.39, 0.29) is 11.8 Å². The Labute approximate surface area is 107 Å². The lowest BCUT2D eigenvalue weighted by Crippen LogP contribution is -2.45. The van der Waals surface area contributed by atoms with Gasteiger partial charge in [0.1, 0.15) is 0 Å². The zero-order valence-electron chi connectivity index (χ0n) is 10.8. The Morgan fingerprint density at radius 3 is 3.00 bits per heavy atom. The highest BCUT2D eigenvalue weighted by Gasteiger charge is 2.26. The van der Waals surface area contributed by atoms with Crippen molar-refractivity contribution >= 4 is 12.0 Å². The molecule has 0 aromatic carbocycles. The van der Waals surface area contributed by atoms with Crippen LogP contribution in [-0.2, 0) is 11.8 Å². The van der Waals surface area contributed by atoms with Gasteiger partial charge in [0.25, 0.3) is 0 Å². The van der Waals surface area contributed by atoms with Gasteiger partial charge in [-0.3, -0.25) is 9.48 Å². The van der Waals surface area contributed by atoms with Gasteiger partial charge in [0.15, 0.2) is 0 Å². The molecule has 1 aromatic rings. The molecule has 1 aliphatic rings. The topological polar surface area (TPSA) is 58.4 Å². The summed E-state index contributed by atoms with van der Waals surface area (Å²) in [4.78, 5) is 13.6. The monoisotopic (exact) mass is 249 g/mol. The molecule has 18 heavy (non-hydrogen) atoms. The summed E-state index contributed by atoms with van der Waals surface area (Å²) in [6, 6.07) is 0. The number of hydrogen-bond acceptors (Lipinski definition) is 3. The number of nitrogens with zero attached hydrogens (tertiary/aromatic N) is 3. The fourth-order valence-electron chi connectivity index (χ4n) is 2.05. The molecule has 5 nitrogen and oxygen atoms in total. The zero-order chi connectivity index (χ0) is 13.1. The maximum Gasteiger partial charge on any atom is 0.246 e. The highest BCUT2D eigenvalue weighted by atomic mass is 16.3. The molecule has 2 atom stereocenters. The minimum absolute atomic E-state index is 0.0511. The Balaban J connectivity index is 1.94. The first-order chi connectivity index (χ1) is 8.56. The van der Waals surface area contributed by atoms with Crippen LogP contribution in [0.5, 0.6) is 0 Å². The molecule has 2 heterocycles. The number of aromatic nitrogens is 2. The van der Waals surface area contributed by atoms with Crippen molar-refractivity contribution < 1.29 is 9.90 Å². The van der Waals surface area contributed by atoms with Crippen molar-refractivity contribution in [3.63, 3.8) is 0 Å². The number of aliphatic hydroxyl groups excluding tert-OH is 1. The number of β-amino-alcohol motifs (C(OH)–C–C–N with tert-alkyl or cyclic N) is 1. The van der Waals surface area contributed by atoms with Crippen LogP contribution in [0, 0.1) is 5.92 Å². The summed E-state index contributed by atoms with van der Waals surface area (Å²) < 4.78 is 1.69. The van der Waals surface area contributed by atoms with E-state index in [1.807, 2.05) is 20.2 Å². The van der Waals surface area contributed by atoms with Gasteiger partial charge in [0.05, 0.1) is 12.3 Å². The van der Waals surface area contributed by atoms with Gasteiger partial charge < -0.3 is 10.0 Å². The summed E-state index contributed by atoms with van der Waals surface area (Å²) >= 11 is 0. The van der Waals surface area contributed by atoms with Gasteiger partial charge in [-0.05, 0) is 18.4 Å². The number of aryl methyl sites for hydroxylation is 1. The van der Waals surface area contributed by atoms with Crippen molar-refractivity contribution in [3.05, 3.63) is 24.0 Å². The number of aliphatic hydroxyl groups is 1. The third kappa shape index (κ3) is 2.98. The van der Waals surface area contributed by atoms with E-state index in [0.29, 0.717) is 13.1 Å². The second-order valence-corrected chi connectivity index (χ2v) is 4.90. The predicted molar refractivity (Wildman–Crippen MR) is 68.6 cm³/mol. The van der Waals surface area contributed by atoms with Crippen LogP contribution in [0.2, 0.25) is 0 Å². The van der Waals surface area contributed by atoms with Crippen LogP contribution in [0.25, 0.3) is 6.08 Å². The van der Waals surface area contributed by atoms with Crippen LogP contribution in [0.3, 0.4) is 0 Å². The SMILES string of the molecule is CC1CCN(C(=O)/C=C/c2cnn(C)c2)CC1O. The Hall–Kier alpha value is -1.62. The fraction of sp³-hybridized carbons (Fsp3) is 0.538. The molecule has 2 rings (SSSR count). The minimum Gasteiger partial charge on any atom is -0.391 e. The number of rotatable bonds is 2. The van der Waals surface area contributed by atoms with Gasteiger partial charge >= 0.3 is 0 Å². The van der Waals surface area contributed by atoms with Crippen LogP contribution in [-0.4, -0.2) is 44.9 Å². The smallest absolute Gasteiger partial charge is 0.246 e. The van der Waals surface area contributed by atoms with Crippen LogP contribution in [0.4, 0.5) is 0 Å². The quantitative estimate of drug-likeness (QED) is 0.783. The molecular formula is C13H19N3O2. The van der Waals surface area contributed by atoms with E-state index < -0.39 is 6.10 Å². The normalized spacial score (nSPS) is 24.7. The lowest BCUT2D eigenvalue weighted by atomic mass is 9.96. The first-order valence-corrected chi connectivity index (χ1v) is 6.20. The Bertz CT molecular complexity index is 453. The Morgan fingerprint density at radius 2 is 2.39 bits per heavy atom. The molecule has 0 spiro atoms. The number of amides is 1. The van der Waals surface area contributed by atoms with Gasteiger partial charge in [0, 0.05) is 38.0 Å². The average Bonchev–Trinajstić information content (AvgIpc) is 2.75. The molecule has 1 aliphatic heterocycles. The molecule has 1 amide bonds. The third-order valence-electron chi connectivity index (χ3n) is 3.37. The highest BCUT2D eigenvalue weighted by Crippen LogP contribution is 2.17. The third-order valence-corrected chi connectivity index (χ3v) is 3.37. The van der Waals surface area contributed by atoms with Gasteiger partial charge in [-0.2, -0.15) is 5.10 Å². The molecule has 1 fully saturated rings. The van der Waals surface area contributed by atoms with Crippen molar-refractivity contribution in [1.29, 1.82) is 0 Å². The molecule has 1 saturated heterocycles. The van der Waals surface area contributed by atoms with Gasteiger partial charge in [-0.25, -0.2) is 0 Å². The molecule has 98 valence electrons. The van der Waals surface area contributed by atoms with E-state index in [4.69, 9.17) is 0 Å². The van der Waals surface area contributed by atoms with Crippen molar-refractivity contribution in [2.45, 2.75) is 19.4 Å². The van der Waals surface area contributed by atoms with Gasteiger partial charge in [-0.15, -0.1) is 0 Å². The van der Waals surface area contributed by atoms with E-state index >= 15 is 0 Å². The molecule has 1 aromatic heterocycles. The molecule has 0 aliphatic carbocycles. The van der Waals surface area contributed by atoms with E-state index in [1.54, 1.807) is 27.9 Å². The summed E-state index contributed by atoms with van der Waals surface area (Å²) in [5, 5.41) is 13.8. The lowest BCUT2D eigenvalue weighted by Gasteiger charge is -2.33. The number of piperidine rings is 1. The minimum atomic E-state index is -0.408. The standard InChI is InChI=1S/C13H19N3O2/c1-10-5-6-16(9-12(10)17)13(18)4-3-11-7-14-15(2)8-11/h3-4,7-8,10,12,17H,5-6,9H2,1-2H3/b4-3+. The molecule has 0 bridgehead atoms. The second kappa shape index (κ2) is 5.35. The van der Waals surface area contributed by atoms with E-state index in [2.05, 4.69) is 5.10 Å². The first-order valence-electron chi connectivity index (χ1n) is 6.20. The molecule has 0 saturated carbocycles. The summed E-state index contributed by atoms with van der Waals surface area (Å²) in [5.41, 5.74) is 0.900. The van der Waals surface area contributed by atoms with Gasteiger partial charge in [0.2, 0.25) is 5.91 Å². The fourth-order valence-corrected chi connectivity index (χ4v) is 2.05. The maximum absolute atomic E-state index is 11.9. The predicted octanol–water partition coefficient (Wildman–Crippen LogP) is 0.663. The summed E-state index contributed by atoms with van der Waals surface area (Å²) in [5.74, 6) is 0.223. The summed E-state index contributed by atoms with van der Waals surface area (Å²) in [6.45, 7) is 3.16. The largest absolute Gasteiger partial charge is 0.391 e. The van der Waals surface area contributed by atoms with Gasteiger partial charge in [-0.1, -0.05) is 6.92 Å². The van der Waals surface area contributed by atoms with E-state index in [9.17, 15) is 9.90 Å². The maximum atomic E-state index is 11.9. The highest BCUT2D eigenvalue weighted by molar-refractivity contribution is 5.91. The Kier molecular flexibility index (Phi) is 3.81. The number of hydrogen-bond donors (Lipinski definition) is 1. The molecule has 2 unspecified atom stereocenters. The first kappa shape index (κ1) is 12.8.